The number of amides is 2. The maximum absolute atomic E-state index is 12.4. The molecule has 8 heteroatoms. The first kappa shape index (κ1) is 19.7. The van der Waals surface area contributed by atoms with Crippen LogP contribution in [0.25, 0.3) is 11.3 Å². The van der Waals surface area contributed by atoms with E-state index < -0.39 is 11.5 Å². The maximum atomic E-state index is 12.4. The largest absolute Gasteiger partial charge is 0.508 e. The Morgan fingerprint density at radius 1 is 1.25 bits per heavy atom. The fourth-order valence-corrected chi connectivity index (χ4v) is 3.25. The number of primary amides is 1. The minimum Gasteiger partial charge on any atom is -0.508 e. The number of aromatic hydroxyl groups is 1. The summed E-state index contributed by atoms with van der Waals surface area (Å²) in [5.74, 6) is -0.446. The van der Waals surface area contributed by atoms with Crippen LogP contribution in [0.2, 0.25) is 0 Å². The van der Waals surface area contributed by atoms with Gasteiger partial charge in [-0.3, -0.25) is 9.48 Å². The van der Waals surface area contributed by atoms with Crippen molar-refractivity contribution in [3.05, 3.63) is 36.0 Å². The van der Waals surface area contributed by atoms with E-state index in [2.05, 4.69) is 5.10 Å². The van der Waals surface area contributed by atoms with E-state index in [1.807, 2.05) is 20.8 Å². The van der Waals surface area contributed by atoms with Gasteiger partial charge in [-0.15, -0.1) is 0 Å². The number of phenols is 1. The predicted molar refractivity (Wildman–Crippen MR) is 104 cm³/mol. The van der Waals surface area contributed by atoms with Crippen LogP contribution in [0.5, 0.6) is 5.75 Å². The number of rotatable bonds is 3. The van der Waals surface area contributed by atoms with E-state index in [0.717, 1.165) is 12.8 Å². The number of aromatic nitrogens is 2. The van der Waals surface area contributed by atoms with Crippen LogP contribution >= 0.6 is 0 Å². The van der Waals surface area contributed by atoms with Crippen molar-refractivity contribution in [2.75, 3.05) is 13.1 Å². The Labute approximate surface area is 163 Å². The predicted octanol–water partition coefficient (Wildman–Crippen LogP) is 2.93. The lowest BCUT2D eigenvalue weighted by Crippen LogP contribution is -2.43. The second kappa shape index (κ2) is 7.53. The second-order valence-electron chi connectivity index (χ2n) is 8.00. The van der Waals surface area contributed by atoms with Crippen molar-refractivity contribution >= 4 is 12.0 Å². The number of piperidine rings is 1. The molecule has 1 aromatic heterocycles. The van der Waals surface area contributed by atoms with Gasteiger partial charge in [0.25, 0.3) is 5.91 Å². The molecule has 28 heavy (non-hydrogen) atoms. The van der Waals surface area contributed by atoms with Gasteiger partial charge in [0.2, 0.25) is 0 Å². The Balaban J connectivity index is 1.85. The molecule has 2 heterocycles. The van der Waals surface area contributed by atoms with Gasteiger partial charge in [-0.1, -0.05) is 0 Å². The first-order valence-corrected chi connectivity index (χ1v) is 9.30. The van der Waals surface area contributed by atoms with Crippen molar-refractivity contribution < 1.29 is 19.4 Å². The smallest absolute Gasteiger partial charge is 0.410 e. The number of nitrogens with two attached hydrogens (primary N) is 1. The highest BCUT2D eigenvalue weighted by Crippen LogP contribution is 2.28. The number of carbonyl (C=O) groups excluding carboxylic acids is 2. The lowest BCUT2D eigenvalue weighted by Gasteiger charge is -2.34. The zero-order valence-electron chi connectivity index (χ0n) is 16.4. The number of phenolic OH excluding ortho intramolecular Hbond substituents is 1. The monoisotopic (exact) mass is 386 g/mol. The van der Waals surface area contributed by atoms with Gasteiger partial charge in [0.15, 0.2) is 0 Å². The lowest BCUT2D eigenvalue weighted by atomic mass is 10.1. The van der Waals surface area contributed by atoms with Gasteiger partial charge in [-0.05, 0) is 57.9 Å². The van der Waals surface area contributed by atoms with Crippen molar-refractivity contribution in [3.63, 3.8) is 0 Å². The fourth-order valence-electron chi connectivity index (χ4n) is 3.25. The van der Waals surface area contributed by atoms with Gasteiger partial charge in [-0.25, -0.2) is 4.79 Å². The van der Waals surface area contributed by atoms with Crippen LogP contribution in [0.15, 0.2) is 30.5 Å². The van der Waals surface area contributed by atoms with E-state index in [9.17, 15) is 14.7 Å². The van der Waals surface area contributed by atoms with E-state index in [0.29, 0.717) is 29.9 Å². The molecule has 1 unspecified atom stereocenters. The molecule has 0 saturated carbocycles. The molecule has 1 fully saturated rings. The number of carbonyl (C=O) groups is 2. The van der Waals surface area contributed by atoms with Crippen molar-refractivity contribution in [1.82, 2.24) is 14.7 Å². The number of hydrogen-bond acceptors (Lipinski definition) is 5. The average Bonchev–Trinajstić information content (AvgIpc) is 3.07. The SMILES string of the molecule is CC(C)(C)OC(=O)N1CCCC(n2cc(C(N)=O)c(-c3ccc(O)cc3)n2)C1. The molecule has 0 bridgehead atoms. The summed E-state index contributed by atoms with van der Waals surface area (Å²) in [7, 11) is 0. The molecule has 3 N–H and O–H groups in total. The Hall–Kier alpha value is -3.03. The van der Waals surface area contributed by atoms with Crippen LogP contribution in [0, 0.1) is 0 Å². The number of likely N-dealkylation sites (tertiary alicyclic amines) is 1. The summed E-state index contributed by atoms with van der Waals surface area (Å²) in [6, 6.07) is 6.35. The summed E-state index contributed by atoms with van der Waals surface area (Å²) >= 11 is 0. The molecule has 0 radical (unpaired) electrons. The van der Waals surface area contributed by atoms with E-state index in [4.69, 9.17) is 10.5 Å². The number of benzene rings is 1. The van der Waals surface area contributed by atoms with Gasteiger partial charge in [0.1, 0.15) is 17.0 Å². The lowest BCUT2D eigenvalue weighted by molar-refractivity contribution is 0.0167. The number of ether oxygens (including phenoxy) is 1. The van der Waals surface area contributed by atoms with Crippen molar-refractivity contribution in [2.45, 2.75) is 45.3 Å². The second-order valence-corrected chi connectivity index (χ2v) is 8.00. The molecule has 2 amide bonds. The fraction of sp³-hybridized carbons (Fsp3) is 0.450. The first-order valence-electron chi connectivity index (χ1n) is 9.30. The molecule has 8 nitrogen and oxygen atoms in total. The Bertz CT molecular complexity index is 867. The van der Waals surface area contributed by atoms with Crippen LogP contribution in [-0.2, 0) is 4.74 Å². The highest BCUT2D eigenvalue weighted by Gasteiger charge is 2.30. The van der Waals surface area contributed by atoms with Gasteiger partial charge in [0.05, 0.1) is 11.6 Å². The average molecular weight is 386 g/mol. The van der Waals surface area contributed by atoms with Gasteiger partial charge >= 0.3 is 6.09 Å². The molecule has 1 aliphatic heterocycles. The van der Waals surface area contributed by atoms with Crippen LogP contribution < -0.4 is 5.73 Å². The van der Waals surface area contributed by atoms with E-state index in [1.165, 1.54) is 12.1 Å². The highest BCUT2D eigenvalue weighted by molar-refractivity contribution is 5.98. The quantitative estimate of drug-likeness (QED) is 0.843. The number of hydrogen-bond donors (Lipinski definition) is 2. The van der Waals surface area contributed by atoms with E-state index in [1.54, 1.807) is 27.9 Å². The van der Waals surface area contributed by atoms with E-state index in [-0.39, 0.29) is 17.9 Å². The zero-order valence-corrected chi connectivity index (χ0v) is 16.4. The third-order valence-electron chi connectivity index (χ3n) is 4.56. The molecule has 0 spiro atoms. The van der Waals surface area contributed by atoms with Crippen LogP contribution in [0.3, 0.4) is 0 Å². The zero-order chi connectivity index (χ0) is 20.5. The van der Waals surface area contributed by atoms with E-state index >= 15 is 0 Å². The molecule has 1 saturated heterocycles. The van der Waals surface area contributed by atoms with Crippen LogP contribution in [0.1, 0.15) is 50.0 Å². The third kappa shape index (κ3) is 4.44. The molecule has 2 aromatic rings. The summed E-state index contributed by atoms with van der Waals surface area (Å²) in [5, 5.41) is 14.1. The normalized spacial score (nSPS) is 17.4. The molecular weight excluding hydrogens is 360 g/mol. The maximum Gasteiger partial charge on any atom is 0.410 e. The minimum atomic E-state index is -0.575. The standard InChI is InChI=1S/C20H26N4O4/c1-20(2,3)28-19(27)23-10-4-5-14(11-23)24-12-16(18(21)26)17(22-24)13-6-8-15(25)9-7-13/h6-9,12,14,25H,4-5,10-11H2,1-3H3,(H2,21,26). The topological polar surface area (TPSA) is 111 Å². The molecule has 1 aliphatic rings. The summed E-state index contributed by atoms with van der Waals surface area (Å²) in [5.41, 5.74) is 6.44. The summed E-state index contributed by atoms with van der Waals surface area (Å²) < 4.78 is 7.18. The minimum absolute atomic E-state index is 0.0785. The van der Waals surface area contributed by atoms with Crippen molar-refractivity contribution in [1.29, 1.82) is 0 Å². The molecule has 0 aliphatic carbocycles. The molecule has 1 aromatic carbocycles. The Kier molecular flexibility index (Phi) is 5.31. The molecular formula is C20H26N4O4. The molecule has 3 rings (SSSR count). The highest BCUT2D eigenvalue weighted by atomic mass is 16.6. The Morgan fingerprint density at radius 2 is 1.93 bits per heavy atom. The first-order chi connectivity index (χ1) is 13.1. The number of nitrogens with zero attached hydrogens (tertiary/aromatic N) is 3. The van der Waals surface area contributed by atoms with Crippen molar-refractivity contribution in [3.8, 4) is 17.0 Å². The molecule has 1 atom stereocenters. The third-order valence-corrected chi connectivity index (χ3v) is 4.56. The van der Waals surface area contributed by atoms with Crippen LogP contribution in [0.4, 0.5) is 4.79 Å². The van der Waals surface area contributed by atoms with Gasteiger partial charge in [-0.2, -0.15) is 5.10 Å². The molecule has 150 valence electrons. The van der Waals surface area contributed by atoms with Gasteiger partial charge < -0.3 is 20.5 Å². The summed E-state index contributed by atoms with van der Waals surface area (Å²) in [6.45, 7) is 6.58. The summed E-state index contributed by atoms with van der Waals surface area (Å²) in [6.07, 6.45) is 2.92. The Morgan fingerprint density at radius 3 is 2.54 bits per heavy atom. The summed E-state index contributed by atoms with van der Waals surface area (Å²) in [4.78, 5) is 26.0. The van der Waals surface area contributed by atoms with Crippen LogP contribution in [-0.4, -0.2) is 50.5 Å². The van der Waals surface area contributed by atoms with Gasteiger partial charge in [0, 0.05) is 24.8 Å². The van der Waals surface area contributed by atoms with Crippen molar-refractivity contribution in [2.24, 2.45) is 5.73 Å².